The first kappa shape index (κ1) is 18.1. The van der Waals surface area contributed by atoms with E-state index in [0.717, 1.165) is 6.42 Å². The molecule has 102 valence electrons. The molecular weight excluding hydrogens is 351 g/mol. The molecule has 0 aromatic heterocycles. The van der Waals surface area contributed by atoms with Gasteiger partial charge in [-0.05, 0) is 40.6 Å². The van der Waals surface area contributed by atoms with Crippen molar-refractivity contribution in [3.8, 4) is 0 Å². The van der Waals surface area contributed by atoms with Crippen LogP contribution < -0.4 is 0 Å². The van der Waals surface area contributed by atoms with E-state index in [1.54, 1.807) is 12.1 Å². The molecule has 0 spiro atoms. The Morgan fingerprint density at radius 2 is 1.56 bits per heavy atom. The van der Waals surface area contributed by atoms with Crippen molar-refractivity contribution in [1.82, 2.24) is 0 Å². The molecule has 1 atom stereocenters. The molecule has 1 rings (SSSR count). The normalized spacial score (nSPS) is 12.4. The van der Waals surface area contributed by atoms with Gasteiger partial charge in [-0.15, -0.1) is 0 Å². The van der Waals surface area contributed by atoms with Gasteiger partial charge in [0.15, 0.2) is 0 Å². The van der Waals surface area contributed by atoms with Gasteiger partial charge in [-0.2, -0.15) is 0 Å². The molecule has 4 heteroatoms. The monoisotopic (exact) mass is 376 g/mol. The molecule has 0 heterocycles. The number of rotatable bonds is 3. The summed E-state index contributed by atoms with van der Waals surface area (Å²) in [7, 11) is 0. The number of benzene rings is 1. The Morgan fingerprint density at radius 1 is 1.17 bits per heavy atom. The predicted octanol–water partition coefficient (Wildman–Crippen LogP) is 3.98. The fraction of sp³-hybridized carbons (Fsp3) is 0.571. The van der Waals surface area contributed by atoms with Gasteiger partial charge in [0.1, 0.15) is 0 Å². The molecule has 1 aromatic carbocycles. The van der Waals surface area contributed by atoms with Crippen molar-refractivity contribution in [3.63, 3.8) is 0 Å². The molecule has 0 fully saturated rings. The van der Waals surface area contributed by atoms with Crippen LogP contribution in [0.3, 0.4) is 0 Å². The van der Waals surface area contributed by atoms with Gasteiger partial charge >= 0.3 is 34.6 Å². The summed E-state index contributed by atoms with van der Waals surface area (Å²) in [5, 5.41) is 0. The maximum absolute atomic E-state index is 10.6. The fourth-order valence-electron chi connectivity index (χ4n) is 1.22. The topological polar surface area (TPSA) is 40.1 Å². The summed E-state index contributed by atoms with van der Waals surface area (Å²) in [6.45, 7) is 6.42. The van der Waals surface area contributed by atoms with Gasteiger partial charge in [0.2, 0.25) is 0 Å². The van der Waals surface area contributed by atoms with E-state index >= 15 is 0 Å². The number of hydrogen-bond acceptors (Lipinski definition) is 2. The Labute approximate surface area is 121 Å². The zero-order chi connectivity index (χ0) is 14.3. The van der Waals surface area contributed by atoms with Gasteiger partial charge in [-0.25, -0.2) is 0 Å². The minimum atomic E-state index is -2.12. The van der Waals surface area contributed by atoms with Gasteiger partial charge in [0.25, 0.3) is 0 Å². The molecular formula is C14H24O2SSn. The van der Waals surface area contributed by atoms with Crippen molar-refractivity contribution < 1.29 is 8.76 Å². The van der Waals surface area contributed by atoms with E-state index in [-0.39, 0.29) is 5.41 Å². The Kier molecular flexibility index (Phi) is 8.39. The van der Waals surface area contributed by atoms with Crippen molar-refractivity contribution in [3.05, 3.63) is 29.8 Å². The minimum absolute atomic E-state index is 0.114. The fourth-order valence-corrected chi connectivity index (χ4v) is 1.58. The molecule has 0 saturated carbocycles. The Bertz CT molecular complexity index is 369. The van der Waals surface area contributed by atoms with E-state index in [9.17, 15) is 8.76 Å². The maximum atomic E-state index is 10.6. The first-order valence-electron chi connectivity index (χ1n) is 6.17. The van der Waals surface area contributed by atoms with Crippen LogP contribution in [-0.2, 0) is 16.5 Å². The zero-order valence-electron chi connectivity index (χ0n) is 12.2. The van der Waals surface area contributed by atoms with Crippen LogP contribution in [0.5, 0.6) is 0 Å². The van der Waals surface area contributed by atoms with E-state index < -0.39 is 30.8 Å². The van der Waals surface area contributed by atoms with Gasteiger partial charge in [0.05, 0.1) is 0 Å². The number of hydrogen-bond donors (Lipinski definition) is 0. The van der Waals surface area contributed by atoms with E-state index in [1.165, 1.54) is 5.56 Å². The average Bonchev–Trinajstić information content (AvgIpc) is 2.28. The summed E-state index contributed by atoms with van der Waals surface area (Å²) in [6.07, 6.45) is 1.03. The second kappa shape index (κ2) is 8.33. The van der Waals surface area contributed by atoms with E-state index in [4.69, 9.17) is 0 Å². The van der Waals surface area contributed by atoms with Crippen LogP contribution in [0.2, 0.25) is 14.8 Å². The molecule has 0 amide bonds. The zero-order valence-corrected chi connectivity index (χ0v) is 15.9. The third-order valence-corrected chi connectivity index (χ3v) is 3.37. The van der Waals surface area contributed by atoms with Crippen molar-refractivity contribution >= 4 is 30.8 Å². The standard InChI is InChI=1S/C11H16O2S.3CH3.Sn/c1-4-11(2,3)9-5-7-10(8-6-9)14(12)13;;;;/h5-8H,4H2,1-3H3,(H,12,13);3*1H3;/q;;;;+1/p-1. The second-order valence-electron chi connectivity index (χ2n) is 5.50. The summed E-state index contributed by atoms with van der Waals surface area (Å²) >= 11 is -2.66. The van der Waals surface area contributed by atoms with E-state index in [2.05, 4.69) is 35.6 Å². The van der Waals surface area contributed by atoms with Crippen molar-refractivity contribution in [1.29, 1.82) is 0 Å². The van der Waals surface area contributed by atoms with Gasteiger partial charge in [-0.1, -0.05) is 32.9 Å². The molecule has 0 bridgehead atoms. The van der Waals surface area contributed by atoms with Crippen LogP contribution >= 0.6 is 0 Å². The Morgan fingerprint density at radius 3 is 1.83 bits per heavy atom. The average molecular weight is 375 g/mol. The van der Waals surface area contributed by atoms with Crippen molar-refractivity contribution in [2.45, 2.75) is 52.3 Å². The quantitative estimate of drug-likeness (QED) is 0.592. The summed E-state index contributed by atoms with van der Waals surface area (Å²) < 4.78 is 21.3. The molecule has 0 radical (unpaired) electrons. The summed E-state index contributed by atoms with van der Waals surface area (Å²) in [4.78, 5) is 7.44. The molecule has 2 nitrogen and oxygen atoms in total. The third-order valence-electron chi connectivity index (χ3n) is 2.71. The van der Waals surface area contributed by atoms with Gasteiger partial charge in [0, 0.05) is 4.90 Å². The van der Waals surface area contributed by atoms with Gasteiger partial charge < -0.3 is 4.55 Å². The Hall–Kier alpha value is 0.129. The molecule has 0 N–H and O–H groups in total. The third kappa shape index (κ3) is 6.90. The summed E-state index contributed by atoms with van der Waals surface area (Å²) in [6, 6.07) is 7.06. The molecule has 1 aromatic rings. The first-order chi connectivity index (χ1) is 8.20. The van der Waals surface area contributed by atoms with Crippen molar-refractivity contribution in [2.24, 2.45) is 0 Å². The van der Waals surface area contributed by atoms with Crippen LogP contribution in [0.25, 0.3) is 0 Å². The van der Waals surface area contributed by atoms with Gasteiger partial charge in [-0.3, -0.25) is 4.21 Å². The summed E-state index contributed by atoms with van der Waals surface area (Å²) in [5.74, 6) is 0. The van der Waals surface area contributed by atoms with Crippen LogP contribution in [0, 0.1) is 0 Å². The molecule has 0 saturated heterocycles. The SMILES string of the molecule is CCC(C)(C)c1ccc(S(=O)[O-])cc1.[CH3][Sn+]([CH3])[CH3]. The van der Waals surface area contributed by atoms with Crippen LogP contribution in [0.15, 0.2) is 29.2 Å². The van der Waals surface area contributed by atoms with E-state index in [0.29, 0.717) is 4.90 Å². The molecule has 1 unspecified atom stereocenters. The second-order valence-corrected chi connectivity index (χ2v) is 15.0. The molecule has 0 aliphatic heterocycles. The molecule has 0 aliphatic rings. The first-order valence-corrected chi connectivity index (χ1v) is 15.8. The van der Waals surface area contributed by atoms with Crippen LogP contribution in [-0.4, -0.2) is 28.5 Å². The summed E-state index contributed by atoms with van der Waals surface area (Å²) in [5.41, 5.74) is 1.29. The predicted molar refractivity (Wildman–Crippen MR) is 80.3 cm³/mol. The van der Waals surface area contributed by atoms with Crippen molar-refractivity contribution in [2.75, 3.05) is 0 Å². The molecule has 0 aliphatic carbocycles. The van der Waals surface area contributed by atoms with Crippen LogP contribution in [0.4, 0.5) is 0 Å². The molecule has 18 heavy (non-hydrogen) atoms. The van der Waals surface area contributed by atoms with Crippen LogP contribution in [0.1, 0.15) is 32.8 Å². The van der Waals surface area contributed by atoms with E-state index in [1.807, 2.05) is 12.1 Å². The Balaban J connectivity index is 0.000000631.